The van der Waals surface area contributed by atoms with Crippen LogP contribution >= 0.6 is 0 Å². The van der Waals surface area contributed by atoms with E-state index in [0.717, 1.165) is 32.1 Å². The fourth-order valence-electron chi connectivity index (χ4n) is 14.0. The Balaban J connectivity index is 2.49. The molecule has 0 spiro atoms. The minimum absolute atomic E-state index is 0.101. The van der Waals surface area contributed by atoms with Gasteiger partial charge in [-0.2, -0.15) is 0 Å². The number of allylic oxidation sites excluding steroid dienone is 3. The van der Waals surface area contributed by atoms with Crippen molar-refractivity contribution in [2.45, 2.75) is 371 Å². The van der Waals surface area contributed by atoms with Gasteiger partial charge in [0.1, 0.15) is 120 Å². The second-order valence-electron chi connectivity index (χ2n) is 37.4. The number of rotatable bonds is 55. The number of hydrogen-bond acceptors (Lipinski definition) is 28. The lowest BCUT2D eigenvalue weighted by atomic mass is 9.98. The number of unbranched alkanes of at least 4 members (excludes halogenated alkanes) is 4. The van der Waals surface area contributed by atoms with Gasteiger partial charge in [-0.1, -0.05) is 160 Å². The number of aliphatic hydroxyl groups excluding tert-OH is 24. The van der Waals surface area contributed by atoms with Gasteiger partial charge in [0.25, 0.3) is 5.91 Å². The first-order valence-electron chi connectivity index (χ1n) is 49.7. The Morgan fingerprint density at radius 1 is 0.466 bits per heavy atom. The lowest BCUT2D eigenvalue weighted by Gasteiger charge is -2.25. The van der Waals surface area contributed by atoms with Crippen LogP contribution in [0.4, 0.5) is 0 Å². The maximum Gasteiger partial charge on any atom is 0.331 e. The molecule has 1 saturated heterocycles. The minimum atomic E-state index is -1.82. The van der Waals surface area contributed by atoms with Crippen LogP contribution in [0.5, 0.6) is 0 Å². The van der Waals surface area contributed by atoms with Gasteiger partial charge in [-0.15, -0.1) is 0 Å². The predicted octanol–water partition coefficient (Wildman–Crippen LogP) is 13.2. The third-order valence-electron chi connectivity index (χ3n) is 23.6. The van der Waals surface area contributed by atoms with E-state index in [2.05, 4.69) is 118 Å². The van der Waals surface area contributed by atoms with Crippen LogP contribution in [-0.4, -0.2) is 410 Å². The van der Waals surface area contributed by atoms with Gasteiger partial charge in [0.05, 0.1) is 12.7 Å². The summed E-state index contributed by atoms with van der Waals surface area (Å²) in [5.41, 5.74) is 4.18. The SMILES string of the molecule is C=C(N=C(O)C(N=C(O)C(N=C(O)C(CCO)N=C(O)C(=CC)N=C(O)C(N=C(O)C(N=C(O)C(C)N=C(O)C(C)N=C(O)C(C)N=C(O)C1CCCN1C(=O)C(=CC)N=C(O)CC(O)CCCCCCC)C(C)C)C(C)C)C(C)C)C(C)CC)C(O)=NC(C)C(O)=NC(C)C(O)=NC(C)C(O)=NC(C(O)=NC(=CC)C(O)=NC1C(O)=NC(C)C(O)=NC(CCN)C(O)=NC(CO)C(O)=NC(C(C)CC)C(=O)OC1C)C(C)C. The van der Waals surface area contributed by atoms with Crippen LogP contribution in [0, 0.1) is 35.5 Å². The zero-order chi connectivity index (χ0) is 113. The molecule has 2 aliphatic rings. The summed E-state index contributed by atoms with van der Waals surface area (Å²) in [6.07, 6.45) is 7.50. The summed E-state index contributed by atoms with van der Waals surface area (Å²) in [5.74, 6) is -21.9. The number of amides is 1. The van der Waals surface area contributed by atoms with E-state index in [9.17, 15) is 132 Å². The third kappa shape index (κ3) is 42.1. The number of esters is 1. The molecule has 2 rings (SSSR count). The maximum absolute atomic E-state index is 13.9. The first kappa shape index (κ1) is 131. The second kappa shape index (κ2) is 64.7. The number of carbonyl (C=O) groups excluding carboxylic acids is 2. The Morgan fingerprint density at radius 2 is 0.892 bits per heavy atom. The Bertz CT molecular complexity index is 5130. The summed E-state index contributed by atoms with van der Waals surface area (Å²) in [5, 5.41) is 268. The van der Waals surface area contributed by atoms with Crippen LogP contribution in [-0.2, 0) is 14.3 Å². The highest BCUT2D eigenvalue weighted by Crippen LogP contribution is 2.27. The molecule has 26 N–H and O–H groups in total. The molecule has 2 heterocycles. The third-order valence-corrected chi connectivity index (χ3v) is 23.6. The van der Waals surface area contributed by atoms with Crippen molar-refractivity contribution in [2.24, 2.45) is 146 Å². The number of carbonyl (C=O) groups is 2. The smallest absolute Gasteiger partial charge is 0.331 e. The van der Waals surface area contributed by atoms with E-state index in [1.54, 1.807) is 90.0 Å². The fraction of sp³-hybridized carbons (Fsp3) is 0.684. The lowest BCUT2D eigenvalue weighted by molar-refractivity contribution is -0.151. The average Bonchev–Trinajstić information content (AvgIpc) is 1.74. The number of aliphatic imine (C=N–C) groups is 21. The number of cyclic esters (lactones) is 1. The van der Waals surface area contributed by atoms with Gasteiger partial charge in [-0.25, -0.2) is 110 Å². The summed E-state index contributed by atoms with van der Waals surface area (Å²) in [6.45, 7) is 38.7. The van der Waals surface area contributed by atoms with Crippen molar-refractivity contribution >= 4 is 136 Å². The van der Waals surface area contributed by atoms with Gasteiger partial charge in [0, 0.05) is 26.0 Å². The van der Waals surface area contributed by atoms with E-state index in [0.29, 0.717) is 32.1 Å². The number of hydrogen-bond donors (Lipinski definition) is 25. The van der Waals surface area contributed by atoms with Crippen molar-refractivity contribution in [3.8, 4) is 0 Å². The molecule has 832 valence electrons. The number of ether oxygens (including phenoxy) is 1. The van der Waals surface area contributed by atoms with Crippen molar-refractivity contribution in [3.05, 3.63) is 47.6 Å². The molecule has 2 aliphatic heterocycles. The highest BCUT2D eigenvalue weighted by Gasteiger charge is 2.40. The predicted molar refractivity (Wildman–Crippen MR) is 581 cm³/mol. The first-order chi connectivity index (χ1) is 69.3. The van der Waals surface area contributed by atoms with Crippen molar-refractivity contribution in [1.29, 1.82) is 0 Å². The van der Waals surface area contributed by atoms with Crippen LogP contribution in [0.3, 0.4) is 0 Å². The Morgan fingerprint density at radius 3 is 1.34 bits per heavy atom. The van der Waals surface area contributed by atoms with Crippen LogP contribution in [0.1, 0.15) is 250 Å². The van der Waals surface area contributed by atoms with Gasteiger partial charge < -0.3 is 138 Å². The normalized spacial score (nSPS) is 23.1. The molecular weight excluding hydrogens is 1930 g/mol. The molecule has 0 aliphatic carbocycles. The summed E-state index contributed by atoms with van der Waals surface area (Å²) in [4.78, 5) is 116. The Labute approximate surface area is 864 Å². The number of likely N-dealkylation sites (tertiary alicyclic amines) is 1. The summed E-state index contributed by atoms with van der Waals surface area (Å²) in [6, 6.07) is -25.1. The van der Waals surface area contributed by atoms with Crippen molar-refractivity contribution in [1.82, 2.24) is 4.90 Å². The quantitative estimate of drug-likeness (QED) is 0.00884. The summed E-state index contributed by atoms with van der Waals surface area (Å²) < 4.78 is 5.71. The van der Waals surface area contributed by atoms with Crippen molar-refractivity contribution < 1.29 is 137 Å². The molecule has 0 bridgehead atoms. The molecule has 0 saturated carbocycles. The number of nitrogens with zero attached hydrogens (tertiary/aromatic N) is 22. The maximum atomic E-state index is 13.9. The van der Waals surface area contributed by atoms with Crippen LogP contribution < -0.4 is 5.73 Å². The highest BCUT2D eigenvalue weighted by molar-refractivity contribution is 6.03. The van der Waals surface area contributed by atoms with Crippen LogP contribution in [0.2, 0.25) is 0 Å². The van der Waals surface area contributed by atoms with Gasteiger partial charge in [-0.05, 0) is 144 Å². The van der Waals surface area contributed by atoms with Crippen LogP contribution in [0.25, 0.3) is 0 Å². The van der Waals surface area contributed by atoms with Gasteiger partial charge >= 0.3 is 5.97 Å². The molecule has 0 aromatic carbocycles. The molecule has 22 unspecified atom stereocenters. The van der Waals surface area contributed by atoms with Gasteiger partial charge in [0.15, 0.2) is 24.0 Å². The lowest BCUT2D eigenvalue weighted by Crippen LogP contribution is -2.41. The Hall–Kier alpha value is -13.4. The molecule has 0 aromatic rings. The zero-order valence-electron chi connectivity index (χ0n) is 89.3. The molecule has 1 amide bonds. The molecule has 1 fully saturated rings. The summed E-state index contributed by atoms with van der Waals surface area (Å²) >= 11 is 0. The summed E-state index contributed by atoms with van der Waals surface area (Å²) in [7, 11) is 0. The standard InChI is InChI=1S/C98H163N23O27/c1-26-32-33-34-35-37-61(124)44-69(125)108-64(31-6)97(146)121-42-36-38-68(121)90(139)105-55(20)80(129)101-54(19)79(128)104-59(24)84(133)115-72(48(11)12)93(142)117-71(47(9)10)92(141)109-62(29-4)85(134)112-66(40-43-122)88(137)116-73(49(13)14)94(143)118-74(50(15)27-2)95(144)106-56(21)81(130)102-52(17)77(126)100-53(18)78(127)103-58(23)83(132)114-70(46(7)8)91(140)110-63(30-5)86(135)120-76-60(25)148-98(147)75(51(16)28-3)119-89(138)67(45-123)113-87(136)65(39-41-99)111-82(131)57(22)107-96(76)145/h29-31,46-55,57-61,65-68,70-76,122-124H,21,26-28,32-45,99H2,1-20,22-25H3,(H,100,126)(H,101,129)(H,102,130)(H,103,127)(H,104,128)(H,105,139)(H,106,144)(H,107,145)(H,108,125)(H,109,141)(H,110,140)(H,111,131)(H,112,134)(H,113,136)(H,114,132)(H,115,133)(H,116,137)(H,117,142)(H,118,143)(H,119,138)(H,120,135). The van der Waals surface area contributed by atoms with Gasteiger partial charge in [-0.3, -0.25) is 4.79 Å². The molecular formula is C98H163N23O27. The van der Waals surface area contributed by atoms with E-state index >= 15 is 0 Å². The van der Waals surface area contributed by atoms with Crippen molar-refractivity contribution in [3.63, 3.8) is 0 Å². The molecule has 0 aromatic heterocycles. The highest BCUT2D eigenvalue weighted by atomic mass is 16.5. The zero-order valence-corrected chi connectivity index (χ0v) is 89.3. The molecule has 0 radical (unpaired) electrons. The largest absolute Gasteiger partial charge is 0.496 e. The van der Waals surface area contributed by atoms with E-state index in [-0.39, 0.29) is 31.6 Å². The topological polar surface area (TPSA) is 818 Å². The number of aliphatic hydroxyl groups is 24. The average molecular weight is 2100 g/mol. The van der Waals surface area contributed by atoms with Crippen LogP contribution in [0.15, 0.2) is 152 Å². The fourth-order valence-corrected chi connectivity index (χ4v) is 14.0. The molecule has 148 heavy (non-hydrogen) atoms. The first-order valence-corrected chi connectivity index (χ1v) is 49.7. The van der Waals surface area contributed by atoms with E-state index in [1.165, 1.54) is 92.4 Å². The monoisotopic (exact) mass is 2090 g/mol. The van der Waals surface area contributed by atoms with E-state index in [4.69, 9.17) is 10.5 Å². The second-order valence-corrected chi connectivity index (χ2v) is 37.4. The van der Waals surface area contributed by atoms with E-state index in [1.807, 2.05) is 0 Å². The minimum Gasteiger partial charge on any atom is -0.496 e. The Kier molecular flexibility index (Phi) is 57.1. The van der Waals surface area contributed by atoms with Gasteiger partial charge in [0.2, 0.25) is 118 Å². The molecule has 50 heteroatoms. The van der Waals surface area contributed by atoms with E-state index < -0.39 is 329 Å². The van der Waals surface area contributed by atoms with Crippen molar-refractivity contribution in [2.75, 3.05) is 26.3 Å². The number of nitrogens with two attached hydrogens (primary N) is 1. The molecule has 22 atom stereocenters. The molecule has 50 nitrogen and oxygen atoms in total.